The number of nitrogens with one attached hydrogen (secondary N) is 2. The molecular formula is C14H21ClN2O4S. The lowest BCUT2D eigenvalue weighted by Crippen LogP contribution is -2.50. The van der Waals surface area contributed by atoms with Crippen LogP contribution in [0.2, 0.25) is 0 Å². The first-order valence-corrected chi connectivity index (χ1v) is 8.34. The van der Waals surface area contributed by atoms with Crippen LogP contribution < -0.4 is 10.0 Å². The van der Waals surface area contributed by atoms with E-state index in [0.717, 1.165) is 13.0 Å². The highest BCUT2D eigenvalue weighted by atomic mass is 35.5. The molecule has 1 saturated heterocycles. The zero-order valence-corrected chi connectivity index (χ0v) is 14.2. The number of benzene rings is 1. The summed E-state index contributed by atoms with van der Waals surface area (Å²) in [6.45, 7) is 3.53. The molecule has 0 spiro atoms. The molecule has 1 aromatic rings. The molecule has 0 saturated carbocycles. The van der Waals surface area contributed by atoms with Crippen LogP contribution >= 0.6 is 12.4 Å². The van der Waals surface area contributed by atoms with E-state index in [0.29, 0.717) is 6.54 Å². The van der Waals surface area contributed by atoms with Crippen molar-refractivity contribution >= 4 is 28.4 Å². The Hall–Kier alpha value is -1.15. The number of hydrogen-bond donors (Lipinski definition) is 2. The number of piperidine rings is 1. The molecule has 1 aliphatic rings. The van der Waals surface area contributed by atoms with Gasteiger partial charge in [0.25, 0.3) is 0 Å². The van der Waals surface area contributed by atoms with E-state index in [1.807, 2.05) is 6.92 Å². The average molecular weight is 349 g/mol. The molecule has 1 fully saturated rings. The Morgan fingerprint density at radius 1 is 1.41 bits per heavy atom. The Morgan fingerprint density at radius 2 is 2.14 bits per heavy atom. The molecule has 0 aliphatic carbocycles. The first-order chi connectivity index (χ1) is 9.94. The number of rotatable bonds is 4. The highest BCUT2D eigenvalue weighted by Gasteiger charge is 2.27. The second-order valence-corrected chi connectivity index (χ2v) is 6.93. The average Bonchev–Trinajstić information content (AvgIpc) is 2.49. The number of carbonyl (C=O) groups is 1. The number of ether oxygens (including phenoxy) is 1. The Labute approximate surface area is 137 Å². The van der Waals surface area contributed by atoms with E-state index in [1.54, 1.807) is 0 Å². The highest BCUT2D eigenvalue weighted by Crippen LogP contribution is 2.17. The number of hydrogen-bond acceptors (Lipinski definition) is 5. The Kier molecular flexibility index (Phi) is 6.80. The van der Waals surface area contributed by atoms with Gasteiger partial charge in [-0.25, -0.2) is 17.9 Å². The number of halogens is 1. The molecule has 0 bridgehead atoms. The number of carbonyl (C=O) groups excluding carboxylic acids is 1. The molecule has 0 aromatic heterocycles. The zero-order valence-electron chi connectivity index (χ0n) is 12.5. The van der Waals surface area contributed by atoms with Gasteiger partial charge in [0.1, 0.15) is 0 Å². The molecule has 0 amide bonds. The Balaban J connectivity index is 0.00000242. The molecule has 1 heterocycles. The third-order valence-corrected chi connectivity index (χ3v) is 5.19. The summed E-state index contributed by atoms with van der Waals surface area (Å²) in [7, 11) is -2.39. The molecule has 2 rings (SSSR count). The second kappa shape index (κ2) is 7.92. The van der Waals surface area contributed by atoms with Crippen molar-refractivity contribution in [2.45, 2.75) is 24.3 Å². The van der Waals surface area contributed by atoms with Crippen LogP contribution in [0.4, 0.5) is 0 Å². The fourth-order valence-corrected chi connectivity index (χ4v) is 3.71. The SMILES string of the molecule is COC(=O)c1cccc(S(=O)(=O)NC2CNCCC2C)c1.Cl. The van der Waals surface area contributed by atoms with E-state index < -0.39 is 16.0 Å². The van der Waals surface area contributed by atoms with Crippen LogP contribution in [0.1, 0.15) is 23.7 Å². The van der Waals surface area contributed by atoms with E-state index in [4.69, 9.17) is 0 Å². The summed E-state index contributed by atoms with van der Waals surface area (Å²) in [5, 5.41) is 3.18. The molecule has 124 valence electrons. The van der Waals surface area contributed by atoms with Gasteiger partial charge in [0.15, 0.2) is 0 Å². The van der Waals surface area contributed by atoms with Gasteiger partial charge in [0.2, 0.25) is 10.0 Å². The molecule has 2 atom stereocenters. The number of sulfonamides is 1. The van der Waals surface area contributed by atoms with Crippen LogP contribution in [-0.2, 0) is 14.8 Å². The first kappa shape index (κ1) is 18.9. The minimum Gasteiger partial charge on any atom is -0.465 e. The van der Waals surface area contributed by atoms with Crippen molar-refractivity contribution in [2.24, 2.45) is 5.92 Å². The van der Waals surface area contributed by atoms with Gasteiger partial charge >= 0.3 is 5.97 Å². The second-order valence-electron chi connectivity index (χ2n) is 5.22. The van der Waals surface area contributed by atoms with Crippen molar-refractivity contribution in [3.8, 4) is 0 Å². The molecule has 1 aromatic carbocycles. The molecular weight excluding hydrogens is 328 g/mol. The fraction of sp³-hybridized carbons (Fsp3) is 0.500. The van der Waals surface area contributed by atoms with E-state index in [9.17, 15) is 13.2 Å². The van der Waals surface area contributed by atoms with Gasteiger partial charge in [0.05, 0.1) is 17.6 Å². The van der Waals surface area contributed by atoms with Gasteiger partial charge < -0.3 is 10.1 Å². The van der Waals surface area contributed by atoms with Gasteiger partial charge in [-0.15, -0.1) is 12.4 Å². The van der Waals surface area contributed by atoms with Crippen molar-refractivity contribution in [1.29, 1.82) is 0 Å². The van der Waals surface area contributed by atoms with Crippen LogP contribution in [-0.4, -0.2) is 40.6 Å². The molecule has 0 radical (unpaired) electrons. The monoisotopic (exact) mass is 348 g/mol. The zero-order chi connectivity index (χ0) is 15.5. The molecule has 22 heavy (non-hydrogen) atoms. The summed E-state index contributed by atoms with van der Waals surface area (Å²) < 4.78 is 32.1. The summed E-state index contributed by atoms with van der Waals surface area (Å²) >= 11 is 0. The van der Waals surface area contributed by atoms with Gasteiger partial charge in [-0.2, -0.15) is 0 Å². The Morgan fingerprint density at radius 3 is 2.77 bits per heavy atom. The third kappa shape index (κ3) is 4.42. The molecule has 2 N–H and O–H groups in total. The number of esters is 1. The summed E-state index contributed by atoms with van der Waals surface area (Å²) in [4.78, 5) is 11.6. The minimum atomic E-state index is -3.65. The van der Waals surface area contributed by atoms with Gasteiger partial charge in [0, 0.05) is 12.6 Å². The predicted octanol–water partition coefficient (Wildman–Crippen LogP) is 1.17. The van der Waals surface area contributed by atoms with E-state index in [1.165, 1.54) is 31.4 Å². The standard InChI is InChI=1S/C14H20N2O4S.ClH/c1-10-6-7-15-9-13(10)16-21(18,19)12-5-3-4-11(8-12)14(17)20-2;/h3-5,8,10,13,15-16H,6-7,9H2,1-2H3;1H. The third-order valence-electron chi connectivity index (χ3n) is 3.70. The maximum atomic E-state index is 12.4. The lowest BCUT2D eigenvalue weighted by molar-refractivity contribution is 0.0600. The van der Waals surface area contributed by atoms with E-state index in [2.05, 4.69) is 14.8 Å². The molecule has 8 heteroatoms. The van der Waals surface area contributed by atoms with Gasteiger partial charge in [-0.1, -0.05) is 13.0 Å². The van der Waals surface area contributed by atoms with Crippen LogP contribution in [0.15, 0.2) is 29.2 Å². The molecule has 1 aliphatic heterocycles. The van der Waals surface area contributed by atoms with Crippen molar-refractivity contribution in [2.75, 3.05) is 20.2 Å². The van der Waals surface area contributed by atoms with Crippen molar-refractivity contribution < 1.29 is 17.9 Å². The quantitative estimate of drug-likeness (QED) is 0.798. The summed E-state index contributed by atoms with van der Waals surface area (Å²) in [6, 6.07) is 5.70. The lowest BCUT2D eigenvalue weighted by Gasteiger charge is -2.30. The first-order valence-electron chi connectivity index (χ1n) is 6.85. The topological polar surface area (TPSA) is 84.5 Å². The van der Waals surface area contributed by atoms with Crippen LogP contribution in [0.5, 0.6) is 0 Å². The van der Waals surface area contributed by atoms with E-state index in [-0.39, 0.29) is 34.8 Å². The smallest absolute Gasteiger partial charge is 0.337 e. The van der Waals surface area contributed by atoms with E-state index >= 15 is 0 Å². The molecule has 2 unspecified atom stereocenters. The normalized spacial score (nSPS) is 21.7. The van der Waals surface area contributed by atoms with Crippen LogP contribution in [0.25, 0.3) is 0 Å². The lowest BCUT2D eigenvalue weighted by atomic mass is 9.96. The summed E-state index contributed by atoms with van der Waals surface area (Å²) in [5.41, 5.74) is 0.218. The number of methoxy groups -OCH3 is 1. The summed E-state index contributed by atoms with van der Waals surface area (Å²) in [5.74, 6) is -0.287. The largest absolute Gasteiger partial charge is 0.465 e. The maximum Gasteiger partial charge on any atom is 0.337 e. The summed E-state index contributed by atoms with van der Waals surface area (Å²) in [6.07, 6.45) is 0.926. The fourth-order valence-electron chi connectivity index (χ4n) is 2.32. The maximum absolute atomic E-state index is 12.4. The molecule has 6 nitrogen and oxygen atoms in total. The van der Waals surface area contributed by atoms with Crippen molar-refractivity contribution in [3.63, 3.8) is 0 Å². The highest BCUT2D eigenvalue weighted by molar-refractivity contribution is 7.89. The van der Waals surface area contributed by atoms with Gasteiger partial charge in [-0.05, 0) is 37.1 Å². The van der Waals surface area contributed by atoms with Gasteiger partial charge in [-0.3, -0.25) is 0 Å². The Bertz CT molecular complexity index is 621. The predicted molar refractivity (Wildman–Crippen MR) is 85.8 cm³/mol. The van der Waals surface area contributed by atoms with Crippen molar-refractivity contribution in [1.82, 2.24) is 10.0 Å². The van der Waals surface area contributed by atoms with Crippen molar-refractivity contribution in [3.05, 3.63) is 29.8 Å². The minimum absolute atomic E-state index is 0. The van der Waals surface area contributed by atoms with Crippen LogP contribution in [0.3, 0.4) is 0 Å². The van der Waals surface area contributed by atoms with Crippen LogP contribution in [0, 0.1) is 5.92 Å².